The molecule has 0 unspecified atom stereocenters. The molecule has 1 aliphatic carbocycles. The molecule has 1 aliphatic heterocycles. The average Bonchev–Trinajstić information content (AvgIpc) is 2.52. The Balaban J connectivity index is 1.63. The molecule has 2 fully saturated rings. The van der Waals surface area contributed by atoms with E-state index >= 15 is 0 Å². The molecule has 1 heterocycles. The number of amides is 1. The SMILES string of the molecule is CC(C)(C)OC(=O)N1CCC(C2(Sc3cccc(F)c3)CC(O)C2)CC1. The van der Waals surface area contributed by atoms with E-state index in [1.165, 1.54) is 6.07 Å². The van der Waals surface area contributed by atoms with Crippen LogP contribution in [0.15, 0.2) is 29.2 Å². The highest BCUT2D eigenvalue weighted by molar-refractivity contribution is 8.00. The van der Waals surface area contributed by atoms with Crippen LogP contribution in [0.3, 0.4) is 0 Å². The molecule has 4 nitrogen and oxygen atoms in total. The molecule has 1 N–H and O–H groups in total. The zero-order valence-electron chi connectivity index (χ0n) is 15.7. The third kappa shape index (κ3) is 4.52. The van der Waals surface area contributed by atoms with Crippen molar-refractivity contribution in [3.8, 4) is 0 Å². The van der Waals surface area contributed by atoms with Crippen LogP contribution in [0, 0.1) is 11.7 Å². The number of rotatable bonds is 3. The van der Waals surface area contributed by atoms with E-state index in [2.05, 4.69) is 0 Å². The second-order valence-electron chi connectivity index (χ2n) is 8.43. The number of thioether (sulfide) groups is 1. The van der Waals surface area contributed by atoms with E-state index < -0.39 is 5.60 Å². The van der Waals surface area contributed by atoms with Crippen molar-refractivity contribution in [2.24, 2.45) is 5.92 Å². The minimum Gasteiger partial charge on any atom is -0.444 e. The molecule has 1 saturated heterocycles. The van der Waals surface area contributed by atoms with Crippen molar-refractivity contribution in [1.29, 1.82) is 0 Å². The van der Waals surface area contributed by atoms with E-state index in [0.29, 0.717) is 19.0 Å². The Morgan fingerprint density at radius 2 is 1.96 bits per heavy atom. The van der Waals surface area contributed by atoms with Gasteiger partial charge in [-0.2, -0.15) is 0 Å². The standard InChI is InChI=1S/C20H28FNO3S/c1-19(2,3)25-18(24)22-9-7-14(8-10-22)20(12-16(23)13-20)26-17-6-4-5-15(21)11-17/h4-6,11,14,16,23H,7-10,12-13H2,1-3H3. The number of carbonyl (C=O) groups excluding carboxylic acids is 1. The Kier molecular flexibility index (Phi) is 5.54. The molecule has 2 aliphatic rings. The highest BCUT2D eigenvalue weighted by Gasteiger charge is 2.50. The van der Waals surface area contributed by atoms with E-state index in [9.17, 15) is 14.3 Å². The lowest BCUT2D eigenvalue weighted by atomic mass is 9.69. The van der Waals surface area contributed by atoms with Crippen molar-refractivity contribution in [1.82, 2.24) is 4.90 Å². The summed E-state index contributed by atoms with van der Waals surface area (Å²) in [7, 11) is 0. The van der Waals surface area contributed by atoms with Gasteiger partial charge in [0.1, 0.15) is 11.4 Å². The van der Waals surface area contributed by atoms with Crippen LogP contribution in [0.2, 0.25) is 0 Å². The smallest absolute Gasteiger partial charge is 0.410 e. The number of aliphatic hydroxyl groups excluding tert-OH is 1. The molecule has 6 heteroatoms. The highest BCUT2D eigenvalue weighted by atomic mass is 32.2. The van der Waals surface area contributed by atoms with Crippen molar-refractivity contribution in [3.05, 3.63) is 30.1 Å². The van der Waals surface area contributed by atoms with E-state index in [4.69, 9.17) is 4.74 Å². The summed E-state index contributed by atoms with van der Waals surface area (Å²) in [5, 5.41) is 9.94. The number of piperidine rings is 1. The van der Waals surface area contributed by atoms with E-state index in [1.54, 1.807) is 28.8 Å². The maximum absolute atomic E-state index is 13.5. The molecule has 144 valence electrons. The quantitative estimate of drug-likeness (QED) is 0.840. The summed E-state index contributed by atoms with van der Waals surface area (Å²) in [4.78, 5) is 14.9. The lowest BCUT2D eigenvalue weighted by Gasteiger charge is -2.52. The minimum absolute atomic E-state index is 0.0623. The molecular formula is C20H28FNO3S. The fraction of sp³-hybridized carbons (Fsp3) is 0.650. The Morgan fingerprint density at radius 1 is 1.31 bits per heavy atom. The van der Waals surface area contributed by atoms with Crippen molar-refractivity contribution in [2.45, 2.75) is 67.8 Å². The predicted octanol–water partition coefficient (Wildman–Crippen LogP) is 4.46. The van der Waals surface area contributed by atoms with Gasteiger partial charge in [0.05, 0.1) is 6.10 Å². The number of aliphatic hydroxyl groups is 1. The molecule has 1 aromatic carbocycles. The zero-order valence-corrected chi connectivity index (χ0v) is 16.5. The fourth-order valence-corrected chi connectivity index (χ4v) is 5.66. The van der Waals surface area contributed by atoms with Gasteiger partial charge in [-0.3, -0.25) is 0 Å². The first-order valence-electron chi connectivity index (χ1n) is 9.27. The van der Waals surface area contributed by atoms with Crippen LogP contribution in [0.1, 0.15) is 46.5 Å². The lowest BCUT2D eigenvalue weighted by molar-refractivity contribution is 0.0000581. The van der Waals surface area contributed by atoms with E-state index in [1.807, 2.05) is 26.8 Å². The summed E-state index contributed by atoms with van der Waals surface area (Å²) in [5.74, 6) is 0.169. The van der Waals surface area contributed by atoms with Crippen LogP contribution in [0.25, 0.3) is 0 Å². The minimum atomic E-state index is -0.486. The molecule has 26 heavy (non-hydrogen) atoms. The Bertz CT molecular complexity index is 647. The van der Waals surface area contributed by atoms with E-state index in [0.717, 1.165) is 30.6 Å². The van der Waals surface area contributed by atoms with Crippen molar-refractivity contribution >= 4 is 17.9 Å². The molecule has 0 atom stereocenters. The topological polar surface area (TPSA) is 49.8 Å². The van der Waals surface area contributed by atoms with Gasteiger partial charge in [0.2, 0.25) is 0 Å². The summed E-state index contributed by atoms with van der Waals surface area (Å²) in [6, 6.07) is 6.67. The molecule has 0 spiro atoms. The monoisotopic (exact) mass is 381 g/mol. The maximum atomic E-state index is 13.5. The first kappa shape index (κ1) is 19.5. The number of hydrogen-bond donors (Lipinski definition) is 1. The van der Waals surface area contributed by atoms with Gasteiger partial charge in [0.25, 0.3) is 0 Å². The fourth-order valence-electron chi connectivity index (χ4n) is 3.92. The summed E-state index contributed by atoms with van der Waals surface area (Å²) < 4.78 is 18.9. The van der Waals surface area contributed by atoms with Gasteiger partial charge in [-0.15, -0.1) is 11.8 Å². The van der Waals surface area contributed by atoms with Crippen LogP contribution < -0.4 is 0 Å². The number of carbonyl (C=O) groups is 1. The van der Waals surface area contributed by atoms with Crippen molar-refractivity contribution in [2.75, 3.05) is 13.1 Å². The van der Waals surface area contributed by atoms with Gasteiger partial charge in [0.15, 0.2) is 0 Å². The third-order valence-electron chi connectivity index (χ3n) is 5.17. The second-order valence-corrected chi connectivity index (χ2v) is 9.92. The number of halogens is 1. The molecule has 1 saturated carbocycles. The number of ether oxygens (including phenoxy) is 1. The third-order valence-corrected chi connectivity index (χ3v) is 6.73. The molecule has 1 amide bonds. The number of likely N-dealkylation sites (tertiary alicyclic amines) is 1. The Labute approximate surface area is 159 Å². The van der Waals surface area contributed by atoms with Gasteiger partial charge in [-0.25, -0.2) is 9.18 Å². The summed E-state index contributed by atoms with van der Waals surface area (Å²) >= 11 is 1.69. The summed E-state index contributed by atoms with van der Waals surface area (Å²) in [6.07, 6.45) is 2.69. The number of hydrogen-bond acceptors (Lipinski definition) is 4. The van der Waals surface area contributed by atoms with Crippen molar-refractivity contribution < 1.29 is 19.0 Å². The van der Waals surface area contributed by atoms with Crippen LogP contribution in [-0.2, 0) is 4.74 Å². The first-order valence-corrected chi connectivity index (χ1v) is 10.1. The van der Waals surface area contributed by atoms with Gasteiger partial charge in [-0.05, 0) is 70.6 Å². The molecular weight excluding hydrogens is 353 g/mol. The number of nitrogens with zero attached hydrogens (tertiary/aromatic N) is 1. The van der Waals surface area contributed by atoms with Gasteiger partial charge < -0.3 is 14.7 Å². The van der Waals surface area contributed by atoms with Gasteiger partial charge in [-0.1, -0.05) is 6.07 Å². The van der Waals surface area contributed by atoms with Crippen LogP contribution in [-0.4, -0.2) is 45.6 Å². The van der Waals surface area contributed by atoms with Gasteiger partial charge >= 0.3 is 6.09 Å². The van der Waals surface area contributed by atoms with Crippen LogP contribution in [0.5, 0.6) is 0 Å². The van der Waals surface area contributed by atoms with E-state index in [-0.39, 0.29) is 22.8 Å². The van der Waals surface area contributed by atoms with Crippen molar-refractivity contribution in [3.63, 3.8) is 0 Å². The summed E-state index contributed by atoms with van der Waals surface area (Å²) in [6.45, 7) is 6.95. The molecule has 0 radical (unpaired) electrons. The average molecular weight is 382 g/mol. The van der Waals surface area contributed by atoms with Gasteiger partial charge in [0, 0.05) is 22.7 Å². The first-order chi connectivity index (χ1) is 12.2. The molecule has 0 bridgehead atoms. The molecule has 1 aromatic rings. The largest absolute Gasteiger partial charge is 0.444 e. The Hall–Kier alpha value is -1.27. The molecule has 3 rings (SSSR count). The van der Waals surface area contributed by atoms with Crippen LogP contribution >= 0.6 is 11.8 Å². The lowest BCUT2D eigenvalue weighted by Crippen LogP contribution is -2.53. The maximum Gasteiger partial charge on any atom is 0.410 e. The normalized spacial score (nSPS) is 27.1. The van der Waals surface area contributed by atoms with Crippen LogP contribution in [0.4, 0.5) is 9.18 Å². The highest BCUT2D eigenvalue weighted by Crippen LogP contribution is 2.55. The zero-order chi connectivity index (χ0) is 18.9. The Morgan fingerprint density at radius 3 is 2.50 bits per heavy atom. The second kappa shape index (κ2) is 7.39. The predicted molar refractivity (Wildman–Crippen MR) is 101 cm³/mol. The molecule has 0 aromatic heterocycles. The summed E-state index contributed by atoms with van der Waals surface area (Å²) in [5.41, 5.74) is -0.486. The number of benzene rings is 1.